The Kier molecular flexibility index (Phi) is 6.59. The van der Waals surface area contributed by atoms with E-state index in [9.17, 15) is 22.8 Å². The zero-order chi connectivity index (χ0) is 21.1. The van der Waals surface area contributed by atoms with Gasteiger partial charge < -0.3 is 14.7 Å². The number of halogens is 3. The molecule has 0 atom stereocenters. The lowest BCUT2D eigenvalue weighted by Gasteiger charge is -2.35. The molecule has 0 saturated carbocycles. The zero-order valence-electron chi connectivity index (χ0n) is 16.2. The smallest absolute Gasteiger partial charge is 0.416 e. The fraction of sp³-hybridized carbons (Fsp3) is 0.579. The Morgan fingerprint density at radius 2 is 1.68 bits per heavy atom. The van der Waals surface area contributed by atoms with Gasteiger partial charge in [-0.25, -0.2) is 4.79 Å². The van der Waals surface area contributed by atoms with Crippen LogP contribution in [0.3, 0.4) is 0 Å². The van der Waals surface area contributed by atoms with E-state index in [0.717, 1.165) is 12.1 Å². The van der Waals surface area contributed by atoms with Crippen LogP contribution in [0.5, 0.6) is 0 Å². The first-order chi connectivity index (χ1) is 12.8. The van der Waals surface area contributed by atoms with Crippen LogP contribution in [-0.4, -0.2) is 58.7 Å². The van der Waals surface area contributed by atoms with E-state index in [1.54, 1.807) is 25.7 Å². The highest BCUT2D eigenvalue weighted by Crippen LogP contribution is 2.31. The number of hydrogen-bond acceptors (Lipinski definition) is 4. The van der Waals surface area contributed by atoms with E-state index in [1.165, 1.54) is 6.07 Å². The molecule has 0 aromatic heterocycles. The molecule has 1 fully saturated rings. The minimum Gasteiger partial charge on any atom is -0.481 e. The third-order valence-electron chi connectivity index (χ3n) is 4.29. The number of alkyl halides is 3. The Bertz CT molecular complexity index is 721. The summed E-state index contributed by atoms with van der Waals surface area (Å²) in [5.74, 6) is -1.18. The fourth-order valence-corrected chi connectivity index (χ4v) is 2.94. The van der Waals surface area contributed by atoms with Crippen molar-refractivity contribution >= 4 is 12.1 Å². The molecule has 1 heterocycles. The SMILES string of the molecule is CC(C)(C)OC(=O)N1CCN(Cc2ccc(C(F)(F)F)cc2CC(=O)O)CC1. The second kappa shape index (κ2) is 8.38. The van der Waals surface area contributed by atoms with E-state index in [4.69, 9.17) is 9.84 Å². The number of carboxylic acids is 1. The summed E-state index contributed by atoms with van der Waals surface area (Å²) in [4.78, 5) is 26.7. The molecule has 6 nitrogen and oxygen atoms in total. The predicted octanol–water partition coefficient (Wildman–Crippen LogP) is 3.39. The molecule has 0 aliphatic carbocycles. The molecule has 9 heteroatoms. The van der Waals surface area contributed by atoms with Crippen molar-refractivity contribution in [3.63, 3.8) is 0 Å². The van der Waals surface area contributed by atoms with Crippen LogP contribution in [0.15, 0.2) is 18.2 Å². The zero-order valence-corrected chi connectivity index (χ0v) is 16.2. The van der Waals surface area contributed by atoms with Gasteiger partial charge in [0.1, 0.15) is 5.60 Å². The molecule has 1 amide bonds. The van der Waals surface area contributed by atoms with E-state index in [1.807, 2.05) is 4.90 Å². The summed E-state index contributed by atoms with van der Waals surface area (Å²) in [7, 11) is 0. The van der Waals surface area contributed by atoms with Crippen molar-refractivity contribution in [2.45, 2.75) is 45.5 Å². The molecule has 1 saturated heterocycles. The average Bonchev–Trinajstić information content (AvgIpc) is 2.54. The number of carbonyl (C=O) groups excluding carboxylic acids is 1. The summed E-state index contributed by atoms with van der Waals surface area (Å²) in [6, 6.07) is 3.21. The number of aliphatic carboxylic acids is 1. The van der Waals surface area contributed by atoms with Crippen LogP contribution in [0.1, 0.15) is 37.5 Å². The van der Waals surface area contributed by atoms with Crippen LogP contribution in [-0.2, 0) is 28.7 Å². The van der Waals surface area contributed by atoms with Gasteiger partial charge in [-0.05, 0) is 44.0 Å². The second-order valence-electron chi connectivity index (χ2n) is 7.80. The highest BCUT2D eigenvalue weighted by atomic mass is 19.4. The summed E-state index contributed by atoms with van der Waals surface area (Å²) in [5.41, 5.74) is -0.750. The number of carboxylic acid groups (broad SMARTS) is 1. The summed E-state index contributed by atoms with van der Waals surface area (Å²) >= 11 is 0. The van der Waals surface area contributed by atoms with Gasteiger partial charge in [0.2, 0.25) is 0 Å². The van der Waals surface area contributed by atoms with Crippen molar-refractivity contribution in [2.75, 3.05) is 26.2 Å². The molecule has 1 aliphatic heterocycles. The van der Waals surface area contributed by atoms with Gasteiger partial charge in [0.05, 0.1) is 12.0 Å². The number of hydrogen-bond donors (Lipinski definition) is 1. The molecule has 28 heavy (non-hydrogen) atoms. The molecule has 0 radical (unpaired) electrons. The van der Waals surface area contributed by atoms with Crippen molar-refractivity contribution in [1.82, 2.24) is 9.80 Å². The van der Waals surface area contributed by atoms with Crippen molar-refractivity contribution in [2.24, 2.45) is 0 Å². The number of piperazine rings is 1. The third-order valence-corrected chi connectivity index (χ3v) is 4.29. The Morgan fingerprint density at radius 1 is 1.07 bits per heavy atom. The van der Waals surface area contributed by atoms with Crippen molar-refractivity contribution < 1.29 is 32.6 Å². The Labute approximate surface area is 161 Å². The van der Waals surface area contributed by atoms with Crippen LogP contribution < -0.4 is 0 Å². The van der Waals surface area contributed by atoms with Crippen molar-refractivity contribution in [3.05, 3.63) is 34.9 Å². The number of carbonyl (C=O) groups is 2. The summed E-state index contributed by atoms with van der Waals surface area (Å²) in [5, 5.41) is 9.03. The van der Waals surface area contributed by atoms with E-state index in [-0.39, 0.29) is 5.56 Å². The molecule has 1 aromatic rings. The van der Waals surface area contributed by atoms with E-state index in [0.29, 0.717) is 38.3 Å². The molecule has 1 aliphatic rings. The molecular weight excluding hydrogens is 377 g/mol. The van der Waals surface area contributed by atoms with Crippen LogP contribution in [0.2, 0.25) is 0 Å². The molecule has 0 spiro atoms. The number of amides is 1. The topological polar surface area (TPSA) is 70.1 Å². The predicted molar refractivity (Wildman–Crippen MR) is 95.9 cm³/mol. The summed E-state index contributed by atoms with van der Waals surface area (Å²) in [6.07, 6.45) is -5.39. The molecule has 156 valence electrons. The second-order valence-corrected chi connectivity index (χ2v) is 7.80. The van der Waals surface area contributed by atoms with Crippen molar-refractivity contribution in [3.8, 4) is 0 Å². The van der Waals surface area contributed by atoms with Gasteiger partial charge in [0.15, 0.2) is 0 Å². The average molecular weight is 402 g/mol. The highest BCUT2D eigenvalue weighted by Gasteiger charge is 2.31. The lowest BCUT2D eigenvalue weighted by molar-refractivity contribution is -0.138. The molecular formula is C19H25F3N2O4. The summed E-state index contributed by atoms with van der Waals surface area (Å²) < 4.78 is 44.1. The normalized spacial score (nSPS) is 16.1. The maximum absolute atomic E-state index is 12.9. The number of nitrogens with zero attached hydrogens (tertiary/aromatic N) is 2. The maximum Gasteiger partial charge on any atom is 0.416 e. The Morgan fingerprint density at radius 3 is 2.18 bits per heavy atom. The van der Waals surface area contributed by atoms with Gasteiger partial charge in [0, 0.05) is 32.7 Å². The first-order valence-electron chi connectivity index (χ1n) is 8.96. The quantitative estimate of drug-likeness (QED) is 0.836. The van der Waals surface area contributed by atoms with Gasteiger partial charge in [-0.1, -0.05) is 6.07 Å². The van der Waals surface area contributed by atoms with Gasteiger partial charge in [0.25, 0.3) is 0 Å². The van der Waals surface area contributed by atoms with Gasteiger partial charge in [-0.15, -0.1) is 0 Å². The number of ether oxygens (including phenoxy) is 1. The van der Waals surface area contributed by atoms with E-state index < -0.39 is 35.8 Å². The third kappa shape index (κ3) is 6.40. The molecule has 0 unspecified atom stereocenters. The standard InChI is InChI=1S/C19H25F3N2O4/c1-18(2,3)28-17(27)24-8-6-23(7-9-24)12-13-4-5-15(19(20,21)22)10-14(13)11-16(25)26/h4-5,10H,6-9,11-12H2,1-3H3,(H,25,26). The molecule has 0 bridgehead atoms. The lowest BCUT2D eigenvalue weighted by atomic mass is 10.00. The molecule has 1 aromatic carbocycles. The van der Waals surface area contributed by atoms with Crippen molar-refractivity contribution in [1.29, 1.82) is 0 Å². The Hall–Kier alpha value is -2.29. The molecule has 1 N–H and O–H groups in total. The Balaban J connectivity index is 2.04. The van der Waals surface area contributed by atoms with Crippen LogP contribution in [0, 0.1) is 0 Å². The fourth-order valence-electron chi connectivity index (χ4n) is 2.94. The van der Waals surface area contributed by atoms with Crippen LogP contribution in [0.4, 0.5) is 18.0 Å². The van der Waals surface area contributed by atoms with Gasteiger partial charge >= 0.3 is 18.2 Å². The van der Waals surface area contributed by atoms with Crippen LogP contribution in [0.25, 0.3) is 0 Å². The minimum atomic E-state index is -4.52. The number of rotatable bonds is 4. The lowest BCUT2D eigenvalue weighted by Crippen LogP contribution is -2.49. The minimum absolute atomic E-state index is 0.150. The molecule has 2 rings (SSSR count). The number of benzene rings is 1. The van der Waals surface area contributed by atoms with E-state index in [2.05, 4.69) is 0 Å². The largest absolute Gasteiger partial charge is 0.481 e. The monoisotopic (exact) mass is 402 g/mol. The summed E-state index contributed by atoms with van der Waals surface area (Å²) in [6.45, 7) is 7.59. The maximum atomic E-state index is 12.9. The first-order valence-corrected chi connectivity index (χ1v) is 8.96. The van der Waals surface area contributed by atoms with Crippen LogP contribution >= 0.6 is 0 Å². The first kappa shape index (κ1) is 22.0. The van der Waals surface area contributed by atoms with E-state index >= 15 is 0 Å². The van der Waals surface area contributed by atoms with Gasteiger partial charge in [-0.3, -0.25) is 9.69 Å². The van der Waals surface area contributed by atoms with Gasteiger partial charge in [-0.2, -0.15) is 13.2 Å². The highest BCUT2D eigenvalue weighted by molar-refractivity contribution is 5.71.